The second-order valence-electron chi connectivity index (χ2n) is 3.36. The van der Waals surface area contributed by atoms with Gasteiger partial charge in [-0.1, -0.05) is 17.3 Å². The van der Waals surface area contributed by atoms with E-state index in [-0.39, 0.29) is 18.1 Å². The van der Waals surface area contributed by atoms with Gasteiger partial charge in [0.1, 0.15) is 5.82 Å². The van der Waals surface area contributed by atoms with Gasteiger partial charge in [0.05, 0.1) is 12.2 Å². The van der Waals surface area contributed by atoms with Crippen LogP contribution in [0.25, 0.3) is 0 Å². The second-order valence-corrected chi connectivity index (χ2v) is 3.36. The maximum absolute atomic E-state index is 13.2. The minimum absolute atomic E-state index is 0.0587. The predicted molar refractivity (Wildman–Crippen MR) is 61.5 cm³/mol. The Hall–Kier alpha value is -2.31. The number of halogens is 1. The van der Waals surface area contributed by atoms with Crippen molar-refractivity contribution in [1.82, 2.24) is 4.90 Å². The summed E-state index contributed by atoms with van der Waals surface area (Å²) in [7, 11) is 1.44. The zero-order valence-corrected chi connectivity index (χ0v) is 9.22. The first-order chi connectivity index (χ1) is 8.04. The van der Waals surface area contributed by atoms with Crippen LogP contribution >= 0.6 is 0 Å². The molecule has 0 aromatic heterocycles. The van der Waals surface area contributed by atoms with E-state index >= 15 is 0 Å². The van der Waals surface area contributed by atoms with Gasteiger partial charge in [0.2, 0.25) is 0 Å². The van der Waals surface area contributed by atoms with Gasteiger partial charge < -0.3 is 21.2 Å². The highest BCUT2D eigenvalue weighted by Gasteiger charge is 2.12. The third-order valence-electron chi connectivity index (χ3n) is 1.99. The van der Waals surface area contributed by atoms with E-state index < -0.39 is 11.8 Å². The number of carbonyl (C=O) groups is 1. The van der Waals surface area contributed by atoms with Crippen molar-refractivity contribution in [1.29, 1.82) is 0 Å². The number of amidine groups is 1. The van der Waals surface area contributed by atoms with Gasteiger partial charge >= 0.3 is 6.03 Å². The molecule has 1 aromatic carbocycles. The zero-order chi connectivity index (χ0) is 12.8. The van der Waals surface area contributed by atoms with Crippen molar-refractivity contribution in [2.75, 3.05) is 18.9 Å². The highest BCUT2D eigenvalue weighted by atomic mass is 19.1. The van der Waals surface area contributed by atoms with Gasteiger partial charge in [-0.25, -0.2) is 9.18 Å². The maximum Gasteiger partial charge on any atom is 0.322 e. The molecule has 17 heavy (non-hydrogen) atoms. The van der Waals surface area contributed by atoms with Gasteiger partial charge in [-0.05, 0) is 12.1 Å². The molecule has 0 saturated heterocycles. The van der Waals surface area contributed by atoms with E-state index in [0.29, 0.717) is 0 Å². The number of para-hydroxylation sites is 1. The Morgan fingerprint density at radius 2 is 2.24 bits per heavy atom. The molecule has 6 nitrogen and oxygen atoms in total. The summed E-state index contributed by atoms with van der Waals surface area (Å²) in [4.78, 5) is 12.7. The lowest BCUT2D eigenvalue weighted by Gasteiger charge is -2.17. The topological polar surface area (TPSA) is 90.9 Å². The quantitative estimate of drug-likeness (QED) is 0.319. The molecule has 0 aliphatic carbocycles. The first-order valence-electron chi connectivity index (χ1n) is 4.77. The van der Waals surface area contributed by atoms with Gasteiger partial charge in [-0.2, -0.15) is 0 Å². The average molecular weight is 240 g/mol. The van der Waals surface area contributed by atoms with Crippen LogP contribution in [0.4, 0.5) is 14.9 Å². The molecular formula is C10H13FN4O2. The summed E-state index contributed by atoms with van der Waals surface area (Å²) in [5, 5.41) is 13.4. The monoisotopic (exact) mass is 240 g/mol. The molecule has 0 saturated carbocycles. The number of hydrogen-bond donors (Lipinski definition) is 3. The molecule has 92 valence electrons. The highest BCUT2D eigenvalue weighted by molar-refractivity contribution is 5.92. The van der Waals surface area contributed by atoms with Gasteiger partial charge in [-0.3, -0.25) is 0 Å². The van der Waals surface area contributed by atoms with E-state index in [9.17, 15) is 9.18 Å². The molecule has 0 aliphatic rings. The number of nitrogens with one attached hydrogen (secondary N) is 1. The molecule has 0 bridgehead atoms. The maximum atomic E-state index is 13.2. The van der Waals surface area contributed by atoms with Crippen LogP contribution in [0.3, 0.4) is 0 Å². The minimum Gasteiger partial charge on any atom is -0.409 e. The van der Waals surface area contributed by atoms with Gasteiger partial charge in [-0.15, -0.1) is 0 Å². The number of rotatable bonds is 3. The van der Waals surface area contributed by atoms with Gasteiger partial charge in [0.15, 0.2) is 5.84 Å². The second kappa shape index (κ2) is 5.69. The van der Waals surface area contributed by atoms with Crippen molar-refractivity contribution in [3.8, 4) is 0 Å². The summed E-state index contributed by atoms with van der Waals surface area (Å²) >= 11 is 0. The van der Waals surface area contributed by atoms with Crippen LogP contribution in [0.2, 0.25) is 0 Å². The Morgan fingerprint density at radius 3 is 2.82 bits per heavy atom. The van der Waals surface area contributed by atoms with Crippen molar-refractivity contribution in [3.05, 3.63) is 30.1 Å². The average Bonchev–Trinajstić information content (AvgIpc) is 2.31. The fourth-order valence-corrected chi connectivity index (χ4v) is 1.12. The number of oxime groups is 1. The fraction of sp³-hybridized carbons (Fsp3) is 0.200. The fourth-order valence-electron chi connectivity index (χ4n) is 1.12. The zero-order valence-electron chi connectivity index (χ0n) is 9.22. The molecule has 2 amide bonds. The Labute approximate surface area is 97.5 Å². The molecule has 7 heteroatoms. The summed E-state index contributed by atoms with van der Waals surface area (Å²) in [5.74, 6) is -0.644. The lowest BCUT2D eigenvalue weighted by Crippen LogP contribution is -2.38. The van der Waals surface area contributed by atoms with Crippen LogP contribution in [-0.2, 0) is 0 Å². The number of benzene rings is 1. The van der Waals surface area contributed by atoms with Crippen molar-refractivity contribution in [2.24, 2.45) is 10.9 Å². The third kappa shape index (κ3) is 3.63. The summed E-state index contributed by atoms with van der Waals surface area (Å²) in [5.41, 5.74) is 5.31. The molecule has 1 rings (SSSR count). The van der Waals surface area contributed by atoms with E-state index in [1.165, 1.54) is 25.2 Å². The molecule has 0 atom stereocenters. The third-order valence-corrected chi connectivity index (χ3v) is 1.99. The molecule has 0 unspecified atom stereocenters. The summed E-state index contributed by atoms with van der Waals surface area (Å²) in [6.45, 7) is -0.0587. The molecule has 0 aliphatic heterocycles. The Bertz CT molecular complexity index is 436. The van der Waals surface area contributed by atoms with Gasteiger partial charge in [0, 0.05) is 7.05 Å². The first-order valence-corrected chi connectivity index (χ1v) is 4.77. The standard InChI is InChI=1S/C10H13FN4O2/c1-15(6-9(12)14-17)10(16)13-8-5-3-2-4-7(8)11/h2-5,17H,6H2,1H3,(H2,12,14)(H,13,16). The van der Waals surface area contributed by atoms with Gasteiger partial charge in [0.25, 0.3) is 0 Å². The smallest absolute Gasteiger partial charge is 0.322 e. The minimum atomic E-state index is -0.554. The number of likely N-dealkylation sites (N-methyl/N-ethyl adjacent to an activating group) is 1. The van der Waals surface area contributed by atoms with E-state index in [1.54, 1.807) is 6.07 Å². The molecule has 0 spiro atoms. The first kappa shape index (κ1) is 12.8. The Kier molecular flexibility index (Phi) is 4.27. The molecule has 0 radical (unpaired) electrons. The Morgan fingerprint density at radius 1 is 1.59 bits per heavy atom. The summed E-state index contributed by atoms with van der Waals surface area (Å²) in [6, 6.07) is 5.23. The van der Waals surface area contributed by atoms with E-state index in [4.69, 9.17) is 10.9 Å². The van der Waals surface area contributed by atoms with Crippen molar-refractivity contribution in [2.45, 2.75) is 0 Å². The van der Waals surface area contributed by atoms with Crippen LogP contribution in [-0.4, -0.2) is 35.6 Å². The van der Waals surface area contributed by atoms with Crippen molar-refractivity contribution in [3.63, 3.8) is 0 Å². The van der Waals surface area contributed by atoms with Crippen LogP contribution in [0, 0.1) is 5.82 Å². The van der Waals surface area contributed by atoms with Crippen LogP contribution in [0.15, 0.2) is 29.4 Å². The van der Waals surface area contributed by atoms with Crippen molar-refractivity contribution >= 4 is 17.6 Å². The number of anilines is 1. The summed E-state index contributed by atoms with van der Waals surface area (Å²) < 4.78 is 13.2. The van der Waals surface area contributed by atoms with E-state index in [0.717, 1.165) is 4.90 Å². The van der Waals surface area contributed by atoms with Crippen molar-refractivity contribution < 1.29 is 14.4 Å². The molecular weight excluding hydrogens is 227 g/mol. The number of nitrogens with zero attached hydrogens (tertiary/aromatic N) is 2. The lowest BCUT2D eigenvalue weighted by atomic mass is 10.3. The van der Waals surface area contributed by atoms with Crippen LogP contribution in [0.5, 0.6) is 0 Å². The SMILES string of the molecule is CN(CC(N)=NO)C(=O)Nc1ccccc1F. The summed E-state index contributed by atoms with van der Waals surface area (Å²) in [6.07, 6.45) is 0. The highest BCUT2D eigenvalue weighted by Crippen LogP contribution is 2.12. The molecule has 0 fully saturated rings. The van der Waals surface area contributed by atoms with E-state index in [1.807, 2.05) is 0 Å². The molecule has 4 N–H and O–H groups in total. The van der Waals surface area contributed by atoms with Crippen LogP contribution < -0.4 is 11.1 Å². The number of nitrogens with two attached hydrogens (primary N) is 1. The molecule has 1 aromatic rings. The largest absolute Gasteiger partial charge is 0.409 e. The van der Waals surface area contributed by atoms with Crippen LogP contribution in [0.1, 0.15) is 0 Å². The number of carbonyl (C=O) groups excluding carboxylic acids is 1. The lowest BCUT2D eigenvalue weighted by molar-refractivity contribution is 0.227. The number of urea groups is 1. The number of amides is 2. The molecule has 0 heterocycles. The van der Waals surface area contributed by atoms with E-state index in [2.05, 4.69) is 10.5 Å². The number of hydrogen-bond acceptors (Lipinski definition) is 3. The Balaban J connectivity index is 2.64. The normalized spacial score (nSPS) is 11.1. The predicted octanol–water partition coefficient (Wildman–Crippen LogP) is 1.04.